The van der Waals surface area contributed by atoms with Gasteiger partial charge in [-0.2, -0.15) is 0 Å². The first-order chi connectivity index (χ1) is 6.61. The third-order valence-electron chi connectivity index (χ3n) is 2.25. The van der Waals surface area contributed by atoms with Crippen LogP contribution in [0.25, 0.3) is 0 Å². The highest BCUT2D eigenvalue weighted by Gasteiger charge is 2.12. The Hall–Kier alpha value is -0.610. The molecule has 0 atom stereocenters. The smallest absolute Gasteiger partial charge is 0.160 e. The van der Waals surface area contributed by atoms with Crippen LogP contribution in [0, 0.1) is 5.82 Å². The molecule has 0 aliphatic carbocycles. The van der Waals surface area contributed by atoms with Gasteiger partial charge in [-0.25, -0.2) is 4.39 Å². The van der Waals surface area contributed by atoms with Crippen molar-refractivity contribution in [1.29, 1.82) is 0 Å². The maximum Gasteiger partial charge on any atom is 0.160 e. The van der Waals surface area contributed by atoms with E-state index < -0.39 is 0 Å². The van der Waals surface area contributed by atoms with Crippen molar-refractivity contribution in [1.82, 2.24) is 0 Å². The van der Waals surface area contributed by atoms with Gasteiger partial charge in [0.25, 0.3) is 0 Å². The van der Waals surface area contributed by atoms with E-state index in [0.717, 1.165) is 12.1 Å². The van der Waals surface area contributed by atoms with Crippen molar-refractivity contribution in [3.63, 3.8) is 0 Å². The summed E-state index contributed by atoms with van der Waals surface area (Å²) in [6.07, 6.45) is 0. The van der Waals surface area contributed by atoms with Gasteiger partial charge < -0.3 is 10.6 Å². The average molecular weight is 261 g/mol. The fraction of sp³-hybridized carbons (Fsp3) is 0.400. The van der Waals surface area contributed by atoms with Crippen molar-refractivity contribution >= 4 is 21.6 Å². The molecule has 0 spiro atoms. The van der Waals surface area contributed by atoms with E-state index in [1.807, 2.05) is 24.9 Å². The van der Waals surface area contributed by atoms with Gasteiger partial charge in [0.1, 0.15) is 0 Å². The monoisotopic (exact) mass is 260 g/mol. The van der Waals surface area contributed by atoms with Gasteiger partial charge in [-0.1, -0.05) is 6.07 Å². The second-order valence-electron chi connectivity index (χ2n) is 3.09. The lowest BCUT2D eigenvalue weighted by Crippen LogP contribution is -2.17. The highest BCUT2D eigenvalue weighted by molar-refractivity contribution is 9.10. The molecule has 0 saturated heterocycles. The summed E-state index contributed by atoms with van der Waals surface area (Å²) in [5, 5.41) is 0. The summed E-state index contributed by atoms with van der Waals surface area (Å²) in [6, 6.07) is 3.60. The van der Waals surface area contributed by atoms with Gasteiger partial charge in [0.2, 0.25) is 0 Å². The first kappa shape index (κ1) is 11.5. The molecule has 0 aliphatic heterocycles. The highest BCUT2D eigenvalue weighted by atomic mass is 79.9. The molecule has 0 bridgehead atoms. The number of hydrogen-bond acceptors (Lipinski definition) is 2. The van der Waals surface area contributed by atoms with Crippen molar-refractivity contribution in [3.05, 3.63) is 28.0 Å². The molecule has 0 unspecified atom stereocenters. The summed E-state index contributed by atoms with van der Waals surface area (Å²) in [5.74, 6) is -0.239. The van der Waals surface area contributed by atoms with Crippen LogP contribution in [0.3, 0.4) is 0 Å². The number of nitrogens with zero attached hydrogens (tertiary/aromatic N) is 1. The highest BCUT2D eigenvalue weighted by Crippen LogP contribution is 2.28. The van der Waals surface area contributed by atoms with Crippen LogP contribution < -0.4 is 10.6 Å². The molecule has 0 heterocycles. The van der Waals surface area contributed by atoms with E-state index in [9.17, 15) is 4.39 Å². The van der Waals surface area contributed by atoms with Crippen molar-refractivity contribution in [2.24, 2.45) is 5.73 Å². The van der Waals surface area contributed by atoms with Crippen molar-refractivity contribution in [2.45, 2.75) is 13.5 Å². The number of hydrogen-bond donors (Lipinski definition) is 1. The third kappa shape index (κ3) is 2.07. The Morgan fingerprint density at radius 3 is 2.64 bits per heavy atom. The Labute approximate surface area is 92.0 Å². The van der Waals surface area contributed by atoms with Gasteiger partial charge in [0, 0.05) is 20.1 Å². The molecule has 0 aliphatic rings. The molecular formula is C10H14BrFN2. The first-order valence-electron chi connectivity index (χ1n) is 4.49. The van der Waals surface area contributed by atoms with E-state index in [-0.39, 0.29) is 5.82 Å². The molecule has 0 saturated carbocycles. The molecule has 0 aromatic heterocycles. The van der Waals surface area contributed by atoms with E-state index in [1.54, 1.807) is 6.07 Å². The van der Waals surface area contributed by atoms with E-state index in [1.165, 1.54) is 0 Å². The molecular weight excluding hydrogens is 247 g/mol. The summed E-state index contributed by atoms with van der Waals surface area (Å²) >= 11 is 3.21. The van der Waals surface area contributed by atoms with Crippen LogP contribution in [-0.2, 0) is 6.54 Å². The third-order valence-corrected chi connectivity index (χ3v) is 3.10. The lowest BCUT2D eigenvalue weighted by molar-refractivity contribution is 0.614. The Morgan fingerprint density at radius 2 is 2.14 bits per heavy atom. The molecule has 0 radical (unpaired) electrons. The predicted molar refractivity (Wildman–Crippen MR) is 60.9 cm³/mol. The molecule has 2 N–H and O–H groups in total. The van der Waals surface area contributed by atoms with Crippen LogP contribution in [0.4, 0.5) is 10.1 Å². The first-order valence-corrected chi connectivity index (χ1v) is 5.29. The maximum atomic E-state index is 13.7. The Balaban J connectivity index is 3.17. The number of rotatable bonds is 3. The number of halogens is 2. The summed E-state index contributed by atoms with van der Waals surface area (Å²) in [5.41, 5.74) is 6.85. The topological polar surface area (TPSA) is 29.3 Å². The lowest BCUT2D eigenvalue weighted by Gasteiger charge is -2.19. The van der Waals surface area contributed by atoms with Crippen LogP contribution in [0.5, 0.6) is 0 Å². The lowest BCUT2D eigenvalue weighted by atomic mass is 10.2. The quantitative estimate of drug-likeness (QED) is 0.905. The Bertz CT molecular complexity index is 328. The fourth-order valence-electron chi connectivity index (χ4n) is 1.20. The van der Waals surface area contributed by atoms with E-state index in [0.29, 0.717) is 16.7 Å². The summed E-state index contributed by atoms with van der Waals surface area (Å²) in [6.45, 7) is 3.09. The van der Waals surface area contributed by atoms with Crippen molar-refractivity contribution in [3.8, 4) is 0 Å². The minimum Gasteiger partial charge on any atom is -0.372 e. The minimum absolute atomic E-state index is 0.239. The molecule has 1 aromatic rings. The maximum absolute atomic E-state index is 13.7. The Morgan fingerprint density at radius 1 is 1.50 bits per heavy atom. The molecule has 0 fully saturated rings. The zero-order chi connectivity index (χ0) is 10.7. The van der Waals surface area contributed by atoms with Crippen molar-refractivity contribution < 1.29 is 4.39 Å². The number of nitrogens with two attached hydrogens (primary N) is 1. The van der Waals surface area contributed by atoms with E-state index in [4.69, 9.17) is 5.73 Å². The SMILES string of the molecule is CCN(C)c1ccc(CN)c(Br)c1F. The minimum atomic E-state index is -0.239. The van der Waals surface area contributed by atoms with Gasteiger partial charge in [-0.15, -0.1) is 0 Å². The molecule has 4 heteroatoms. The molecule has 1 aromatic carbocycles. The standard InChI is InChI=1S/C10H14BrFN2/c1-3-14(2)8-5-4-7(6-13)9(11)10(8)12/h4-5H,3,6,13H2,1-2H3. The average Bonchev–Trinajstić information content (AvgIpc) is 2.21. The molecule has 2 nitrogen and oxygen atoms in total. The number of anilines is 1. The zero-order valence-electron chi connectivity index (χ0n) is 8.35. The molecule has 0 amide bonds. The van der Waals surface area contributed by atoms with Crippen LogP contribution in [-0.4, -0.2) is 13.6 Å². The van der Waals surface area contributed by atoms with Gasteiger partial charge in [0.15, 0.2) is 5.82 Å². The van der Waals surface area contributed by atoms with Crippen LogP contribution >= 0.6 is 15.9 Å². The Kier molecular flexibility index (Phi) is 3.89. The van der Waals surface area contributed by atoms with Gasteiger partial charge in [-0.3, -0.25) is 0 Å². The van der Waals surface area contributed by atoms with Crippen LogP contribution in [0.2, 0.25) is 0 Å². The van der Waals surface area contributed by atoms with Crippen LogP contribution in [0.15, 0.2) is 16.6 Å². The normalized spacial score (nSPS) is 10.4. The van der Waals surface area contributed by atoms with Gasteiger partial charge >= 0.3 is 0 Å². The molecule has 78 valence electrons. The fourth-order valence-corrected chi connectivity index (χ4v) is 1.70. The zero-order valence-corrected chi connectivity index (χ0v) is 9.94. The second-order valence-corrected chi connectivity index (χ2v) is 3.88. The van der Waals surface area contributed by atoms with Crippen molar-refractivity contribution in [2.75, 3.05) is 18.5 Å². The predicted octanol–water partition coefficient (Wildman–Crippen LogP) is 2.50. The van der Waals surface area contributed by atoms with E-state index >= 15 is 0 Å². The van der Waals surface area contributed by atoms with Gasteiger partial charge in [0.05, 0.1) is 10.2 Å². The largest absolute Gasteiger partial charge is 0.372 e. The van der Waals surface area contributed by atoms with Crippen LogP contribution in [0.1, 0.15) is 12.5 Å². The molecule has 1 rings (SSSR count). The summed E-state index contributed by atoms with van der Waals surface area (Å²) in [4.78, 5) is 1.85. The summed E-state index contributed by atoms with van der Waals surface area (Å²) < 4.78 is 14.2. The van der Waals surface area contributed by atoms with Gasteiger partial charge in [-0.05, 0) is 34.5 Å². The number of benzene rings is 1. The van der Waals surface area contributed by atoms with E-state index in [2.05, 4.69) is 15.9 Å². The molecule has 14 heavy (non-hydrogen) atoms. The second kappa shape index (κ2) is 4.75. The summed E-state index contributed by atoms with van der Waals surface area (Å²) in [7, 11) is 1.85.